The smallest absolute Gasteiger partial charge is 0.417 e. The van der Waals surface area contributed by atoms with Crippen molar-refractivity contribution in [3.05, 3.63) is 98.0 Å². The maximum Gasteiger partial charge on any atom is 0.417 e. The van der Waals surface area contributed by atoms with Crippen molar-refractivity contribution in [1.82, 2.24) is 10.6 Å². The van der Waals surface area contributed by atoms with Crippen LogP contribution in [-0.2, 0) is 17.5 Å². The zero-order valence-electron chi connectivity index (χ0n) is 24.5. The molecule has 3 aromatic carbocycles. The van der Waals surface area contributed by atoms with Crippen molar-refractivity contribution in [3.63, 3.8) is 0 Å². The Morgan fingerprint density at radius 1 is 1.02 bits per heavy atom. The monoisotopic (exact) mass is 650 g/mol. The Bertz CT molecular complexity index is 1490. The van der Waals surface area contributed by atoms with E-state index in [0.29, 0.717) is 66.4 Å². The van der Waals surface area contributed by atoms with Crippen molar-refractivity contribution in [1.29, 1.82) is 0 Å². The summed E-state index contributed by atoms with van der Waals surface area (Å²) in [6, 6.07) is 15.8. The van der Waals surface area contributed by atoms with Gasteiger partial charge in [0, 0.05) is 19.1 Å². The van der Waals surface area contributed by atoms with Gasteiger partial charge in [-0.05, 0) is 97.8 Å². The van der Waals surface area contributed by atoms with E-state index in [0.717, 1.165) is 47.7 Å². The van der Waals surface area contributed by atoms with Gasteiger partial charge in [-0.25, -0.2) is 4.79 Å². The molecule has 3 N–H and O–H groups in total. The Kier molecular flexibility index (Phi) is 11.6. The molecule has 6 nitrogen and oxygen atoms in total. The Labute approximate surface area is 265 Å². The number of carboxylic acids is 1. The molecule has 1 aliphatic heterocycles. The van der Waals surface area contributed by atoms with Gasteiger partial charge in [0.1, 0.15) is 24.7 Å². The fourth-order valence-corrected chi connectivity index (χ4v) is 5.19. The third-order valence-electron chi connectivity index (χ3n) is 7.38. The van der Waals surface area contributed by atoms with Gasteiger partial charge in [-0.1, -0.05) is 47.5 Å². The first-order valence-corrected chi connectivity index (χ1v) is 15.1. The van der Waals surface area contributed by atoms with Crippen molar-refractivity contribution in [2.45, 2.75) is 51.9 Å². The van der Waals surface area contributed by atoms with E-state index in [-0.39, 0.29) is 5.02 Å². The highest BCUT2D eigenvalue weighted by atomic mass is 35.5. The zero-order chi connectivity index (χ0) is 31.9. The first-order chi connectivity index (χ1) is 20.9. The minimum absolute atomic E-state index is 0.192. The molecule has 11 heteroatoms. The maximum atomic E-state index is 12.5. The van der Waals surface area contributed by atoms with Gasteiger partial charge in [-0.3, -0.25) is 0 Å². The fourth-order valence-electron chi connectivity index (χ4n) is 4.61. The average Bonchev–Trinajstić information content (AvgIpc) is 3.82. The van der Waals surface area contributed by atoms with Crippen LogP contribution in [0.25, 0.3) is 5.57 Å². The van der Waals surface area contributed by atoms with Crippen LogP contribution in [0.2, 0.25) is 10.0 Å². The van der Waals surface area contributed by atoms with Gasteiger partial charge in [0.25, 0.3) is 0 Å². The number of nitrogens with one attached hydrogen (secondary N) is 2. The number of carbonyl (C=O) groups is 1. The summed E-state index contributed by atoms with van der Waals surface area (Å²) in [4.78, 5) is 11.4. The average molecular weight is 652 g/mol. The normalized spacial score (nSPS) is 15.0. The van der Waals surface area contributed by atoms with Crippen LogP contribution in [0.1, 0.15) is 47.1 Å². The molecule has 0 atom stereocenters. The fraction of sp³-hybridized carbons (Fsp3) is 0.364. The van der Waals surface area contributed by atoms with E-state index in [4.69, 9.17) is 32.7 Å². The molecular formula is C33H35Cl2F3N2O4. The lowest BCUT2D eigenvalue weighted by Crippen LogP contribution is -2.28. The van der Waals surface area contributed by atoms with Crippen LogP contribution in [0.3, 0.4) is 0 Å². The molecule has 236 valence electrons. The lowest BCUT2D eigenvalue weighted by atomic mass is 9.94. The summed E-state index contributed by atoms with van der Waals surface area (Å²) in [6.07, 6.45) is -1.49. The second-order valence-corrected chi connectivity index (χ2v) is 11.5. The molecule has 5 rings (SSSR count). The molecule has 0 unspecified atom stereocenters. The Morgan fingerprint density at radius 3 is 2.36 bits per heavy atom. The number of hydrogen-bond donors (Lipinski definition) is 3. The van der Waals surface area contributed by atoms with Gasteiger partial charge in [-0.15, -0.1) is 0 Å². The third kappa shape index (κ3) is 9.38. The molecule has 1 heterocycles. The summed E-state index contributed by atoms with van der Waals surface area (Å²) < 4.78 is 49.0. The summed E-state index contributed by atoms with van der Waals surface area (Å²) in [7, 11) is 0. The Morgan fingerprint density at radius 2 is 1.70 bits per heavy atom. The molecular weight excluding hydrogens is 616 g/mol. The number of carboxylic acid groups (broad SMARTS) is 1. The Balaban J connectivity index is 0.000000233. The predicted molar refractivity (Wildman–Crippen MR) is 167 cm³/mol. The van der Waals surface area contributed by atoms with Gasteiger partial charge >= 0.3 is 12.1 Å². The van der Waals surface area contributed by atoms with E-state index >= 15 is 0 Å². The summed E-state index contributed by atoms with van der Waals surface area (Å²) >= 11 is 11.9. The van der Waals surface area contributed by atoms with Gasteiger partial charge in [-0.2, -0.15) is 13.2 Å². The second-order valence-electron chi connectivity index (χ2n) is 10.7. The minimum atomic E-state index is -4.38. The second kappa shape index (κ2) is 15.2. The Hall–Kier alpha value is -3.24. The number of benzene rings is 3. The highest BCUT2D eigenvalue weighted by molar-refractivity contribution is 6.32. The minimum Gasteiger partial charge on any atom is -0.490 e. The number of aliphatic carboxylic acids is 1. The molecule has 1 aliphatic carbocycles. The topological polar surface area (TPSA) is 79.8 Å². The molecule has 44 heavy (non-hydrogen) atoms. The highest BCUT2D eigenvalue weighted by Gasteiger charge is 2.34. The first-order valence-electron chi connectivity index (χ1n) is 14.3. The van der Waals surface area contributed by atoms with Crippen LogP contribution in [-0.4, -0.2) is 43.4 Å². The summed E-state index contributed by atoms with van der Waals surface area (Å²) in [6.45, 7) is 6.36. The van der Waals surface area contributed by atoms with Gasteiger partial charge in [0.15, 0.2) is 0 Å². The first kappa shape index (κ1) is 33.6. The number of alkyl halides is 3. The van der Waals surface area contributed by atoms with Gasteiger partial charge in [0.05, 0.1) is 21.2 Å². The summed E-state index contributed by atoms with van der Waals surface area (Å²) in [5, 5.41) is 16.0. The molecule has 3 aromatic rings. The van der Waals surface area contributed by atoms with Crippen LogP contribution in [0.4, 0.5) is 13.2 Å². The molecule has 0 bridgehead atoms. The molecule has 1 saturated carbocycles. The van der Waals surface area contributed by atoms with Crippen LogP contribution in [0.5, 0.6) is 11.5 Å². The van der Waals surface area contributed by atoms with Crippen molar-refractivity contribution in [2.24, 2.45) is 0 Å². The van der Waals surface area contributed by atoms with Crippen molar-refractivity contribution < 1.29 is 32.5 Å². The maximum absolute atomic E-state index is 12.5. The van der Waals surface area contributed by atoms with E-state index in [1.54, 1.807) is 6.07 Å². The largest absolute Gasteiger partial charge is 0.490 e. The number of aryl methyl sites for hydroxylation is 2. The van der Waals surface area contributed by atoms with E-state index in [1.807, 2.05) is 50.2 Å². The van der Waals surface area contributed by atoms with E-state index in [2.05, 4.69) is 10.6 Å². The molecule has 1 fully saturated rings. The molecule has 2 aliphatic rings. The van der Waals surface area contributed by atoms with E-state index in [1.165, 1.54) is 6.07 Å². The predicted octanol–water partition coefficient (Wildman–Crippen LogP) is 7.86. The third-order valence-corrected chi connectivity index (χ3v) is 8.12. The lowest BCUT2D eigenvalue weighted by Gasteiger charge is -2.19. The van der Waals surface area contributed by atoms with Crippen molar-refractivity contribution in [3.8, 4) is 11.5 Å². The SMILES string of the molecule is Cc1cc(Cl)c(OCCOc2ccc(C3=C(C(=O)O)CNCC3)cc2)cc1C.FC(F)(F)c1cccc(CNC2CC2)c1Cl. The number of halogens is 5. The quantitative estimate of drug-likeness (QED) is 0.194. The van der Waals surface area contributed by atoms with Crippen molar-refractivity contribution in [2.75, 3.05) is 26.3 Å². The standard InChI is InChI=1S/C22H24ClNO4.C11H11ClF3N/c1-14-11-20(23)21(12-15(14)2)28-10-9-27-17-5-3-16(4-6-17)18-7-8-24-13-19(18)22(25)26;12-10-7(6-16-8-4-5-8)2-1-3-9(10)11(13,14)15/h3-6,11-12,24H,7-10,13H2,1-2H3,(H,25,26);1-3,8,16H,4-6H2. The van der Waals surface area contributed by atoms with E-state index in [9.17, 15) is 23.1 Å². The lowest BCUT2D eigenvalue weighted by molar-refractivity contribution is -0.137. The van der Waals surface area contributed by atoms with Gasteiger partial charge in [0.2, 0.25) is 0 Å². The molecule has 0 saturated heterocycles. The molecule has 0 spiro atoms. The number of ether oxygens (including phenoxy) is 2. The van der Waals surface area contributed by atoms with Crippen LogP contribution in [0, 0.1) is 13.8 Å². The van der Waals surface area contributed by atoms with Gasteiger partial charge < -0.3 is 25.2 Å². The van der Waals surface area contributed by atoms with Crippen molar-refractivity contribution >= 4 is 34.7 Å². The zero-order valence-corrected chi connectivity index (χ0v) is 26.0. The number of rotatable bonds is 10. The van der Waals surface area contributed by atoms with E-state index < -0.39 is 17.7 Å². The summed E-state index contributed by atoms with van der Waals surface area (Å²) in [5.41, 5.74) is 4.23. The highest BCUT2D eigenvalue weighted by Crippen LogP contribution is 2.36. The molecule has 0 amide bonds. The van der Waals surface area contributed by atoms with Crippen LogP contribution < -0.4 is 20.1 Å². The van der Waals surface area contributed by atoms with Crippen LogP contribution >= 0.6 is 23.2 Å². The molecule has 0 radical (unpaired) electrons. The van der Waals surface area contributed by atoms with Crippen LogP contribution in [0.15, 0.2) is 60.2 Å². The number of hydrogen-bond acceptors (Lipinski definition) is 5. The summed E-state index contributed by atoms with van der Waals surface area (Å²) in [5.74, 6) is 0.498. The molecule has 0 aromatic heterocycles.